The van der Waals surface area contributed by atoms with Gasteiger partial charge in [0.1, 0.15) is 0 Å². The van der Waals surface area contributed by atoms with Crippen LogP contribution in [0.4, 0.5) is 0 Å². The van der Waals surface area contributed by atoms with E-state index in [1.807, 2.05) is 11.8 Å². The normalized spacial score (nSPS) is 23.0. The third-order valence-electron chi connectivity index (χ3n) is 4.26. The summed E-state index contributed by atoms with van der Waals surface area (Å²) in [4.78, 5) is 7.34. The topological polar surface area (TPSA) is 39.7 Å². The maximum Gasteiger partial charge on any atom is 0.191 e. The van der Waals surface area contributed by atoms with Crippen molar-refractivity contribution in [2.24, 2.45) is 16.8 Å². The van der Waals surface area contributed by atoms with E-state index in [9.17, 15) is 0 Å². The molecule has 1 aliphatic heterocycles. The summed E-state index contributed by atoms with van der Waals surface area (Å²) in [6.07, 6.45) is 7.21. The summed E-state index contributed by atoms with van der Waals surface area (Å²) in [5.41, 5.74) is 0. The first-order valence-corrected chi connectivity index (χ1v) is 10.8. The van der Waals surface area contributed by atoms with E-state index in [4.69, 9.17) is 4.99 Å². The maximum atomic E-state index is 4.72. The van der Waals surface area contributed by atoms with Gasteiger partial charge in [0.2, 0.25) is 0 Å². The van der Waals surface area contributed by atoms with Crippen molar-refractivity contribution in [1.29, 1.82) is 0 Å². The Morgan fingerprint density at radius 3 is 2.52 bits per heavy atom. The van der Waals surface area contributed by atoms with Gasteiger partial charge in [0.15, 0.2) is 5.96 Å². The molecule has 0 aromatic rings. The highest BCUT2D eigenvalue weighted by atomic mass is 32.2. The van der Waals surface area contributed by atoms with Crippen LogP contribution < -0.4 is 10.6 Å². The van der Waals surface area contributed by atoms with Crippen molar-refractivity contribution in [3.8, 4) is 0 Å². The molecule has 1 rings (SSSR count). The van der Waals surface area contributed by atoms with Crippen molar-refractivity contribution in [3.63, 3.8) is 0 Å². The summed E-state index contributed by atoms with van der Waals surface area (Å²) < 4.78 is 0. The van der Waals surface area contributed by atoms with Crippen molar-refractivity contribution in [2.45, 2.75) is 46.5 Å². The number of aliphatic imine (C=N–C) groups is 1. The number of unbranched alkanes of at least 4 members (excludes halogenated alkanes) is 1. The lowest BCUT2D eigenvalue weighted by molar-refractivity contribution is 0.140. The lowest BCUT2D eigenvalue weighted by atomic mass is 9.92. The zero-order valence-electron chi connectivity index (χ0n) is 15.7. The molecule has 136 valence electrons. The fourth-order valence-electron chi connectivity index (χ4n) is 3.38. The van der Waals surface area contributed by atoms with E-state index in [0.29, 0.717) is 0 Å². The Hall–Kier alpha value is -0.420. The summed E-state index contributed by atoms with van der Waals surface area (Å²) in [6, 6.07) is 0. The highest BCUT2D eigenvalue weighted by Gasteiger charge is 2.20. The summed E-state index contributed by atoms with van der Waals surface area (Å²) in [5.74, 6) is 3.93. The van der Waals surface area contributed by atoms with Crippen LogP contribution in [0.2, 0.25) is 0 Å². The standard InChI is InChI=1S/C18H38N4S/c1-5-19-18(20-9-6-7-12-23-4)21-10-8-11-22-14-16(2)13-17(3)15-22/h16-17H,5-15H2,1-4H3,(H2,19,20,21). The molecule has 0 saturated carbocycles. The molecule has 0 amide bonds. The molecule has 1 saturated heterocycles. The van der Waals surface area contributed by atoms with Gasteiger partial charge in [-0.1, -0.05) is 13.8 Å². The molecule has 0 aliphatic carbocycles. The fraction of sp³-hybridized carbons (Fsp3) is 0.944. The van der Waals surface area contributed by atoms with Gasteiger partial charge in [-0.05, 0) is 63.0 Å². The zero-order chi connectivity index (χ0) is 16.9. The monoisotopic (exact) mass is 342 g/mol. The minimum Gasteiger partial charge on any atom is -0.357 e. The molecule has 0 aromatic carbocycles. The summed E-state index contributed by atoms with van der Waals surface area (Å²) in [6.45, 7) is 13.5. The summed E-state index contributed by atoms with van der Waals surface area (Å²) >= 11 is 1.92. The first kappa shape index (κ1) is 20.6. The minimum absolute atomic E-state index is 0.850. The van der Waals surface area contributed by atoms with Crippen molar-refractivity contribution in [3.05, 3.63) is 0 Å². The molecule has 2 N–H and O–H groups in total. The number of nitrogens with one attached hydrogen (secondary N) is 2. The Kier molecular flexibility index (Phi) is 11.6. The number of likely N-dealkylation sites (tertiary alicyclic amines) is 1. The van der Waals surface area contributed by atoms with Crippen LogP contribution in [-0.2, 0) is 0 Å². The first-order valence-electron chi connectivity index (χ1n) is 9.39. The van der Waals surface area contributed by atoms with E-state index in [0.717, 1.165) is 43.9 Å². The molecule has 5 heteroatoms. The number of piperidine rings is 1. The van der Waals surface area contributed by atoms with E-state index in [-0.39, 0.29) is 0 Å². The molecule has 0 bridgehead atoms. The van der Waals surface area contributed by atoms with Crippen LogP contribution in [0.25, 0.3) is 0 Å². The predicted molar refractivity (Wildman–Crippen MR) is 106 cm³/mol. The number of hydrogen-bond acceptors (Lipinski definition) is 3. The molecule has 1 aliphatic rings. The van der Waals surface area contributed by atoms with Crippen LogP contribution in [0.1, 0.15) is 46.5 Å². The smallest absolute Gasteiger partial charge is 0.191 e. The van der Waals surface area contributed by atoms with Crippen molar-refractivity contribution in [2.75, 3.05) is 51.3 Å². The highest BCUT2D eigenvalue weighted by molar-refractivity contribution is 7.98. The van der Waals surface area contributed by atoms with Crippen molar-refractivity contribution < 1.29 is 0 Å². The Labute approximate surface area is 148 Å². The van der Waals surface area contributed by atoms with Crippen LogP contribution >= 0.6 is 11.8 Å². The SMILES string of the molecule is CCNC(=NCCCN1CC(C)CC(C)C1)NCCCCSC. The lowest BCUT2D eigenvalue weighted by Gasteiger charge is -2.34. The molecule has 23 heavy (non-hydrogen) atoms. The van der Waals surface area contributed by atoms with Gasteiger partial charge in [-0.15, -0.1) is 0 Å². The second-order valence-corrected chi connectivity index (χ2v) is 7.93. The molecular weight excluding hydrogens is 304 g/mol. The van der Waals surface area contributed by atoms with Crippen molar-refractivity contribution >= 4 is 17.7 Å². The third kappa shape index (κ3) is 10.1. The van der Waals surface area contributed by atoms with E-state index in [1.54, 1.807) is 0 Å². The van der Waals surface area contributed by atoms with Gasteiger partial charge in [-0.3, -0.25) is 4.99 Å². The van der Waals surface area contributed by atoms with Gasteiger partial charge in [0, 0.05) is 32.7 Å². The molecule has 1 fully saturated rings. The van der Waals surface area contributed by atoms with E-state index >= 15 is 0 Å². The van der Waals surface area contributed by atoms with Crippen LogP contribution in [-0.4, -0.2) is 62.1 Å². The lowest BCUT2D eigenvalue weighted by Crippen LogP contribution is -2.40. The predicted octanol–water partition coefficient (Wildman–Crippen LogP) is 3.05. The Bertz CT molecular complexity index is 312. The summed E-state index contributed by atoms with van der Waals surface area (Å²) in [7, 11) is 0. The first-order chi connectivity index (χ1) is 11.2. The van der Waals surface area contributed by atoms with E-state index in [2.05, 4.69) is 42.6 Å². The Morgan fingerprint density at radius 2 is 1.87 bits per heavy atom. The van der Waals surface area contributed by atoms with Crippen LogP contribution in [0.5, 0.6) is 0 Å². The minimum atomic E-state index is 0.850. The average molecular weight is 343 g/mol. The number of nitrogens with zero attached hydrogens (tertiary/aromatic N) is 2. The number of hydrogen-bond donors (Lipinski definition) is 2. The highest BCUT2D eigenvalue weighted by Crippen LogP contribution is 2.20. The van der Waals surface area contributed by atoms with Crippen LogP contribution in [0.15, 0.2) is 4.99 Å². The molecule has 0 aromatic heterocycles. The second kappa shape index (κ2) is 12.9. The van der Waals surface area contributed by atoms with Gasteiger partial charge < -0.3 is 15.5 Å². The number of thioether (sulfide) groups is 1. The third-order valence-corrected chi connectivity index (χ3v) is 4.96. The van der Waals surface area contributed by atoms with E-state index < -0.39 is 0 Å². The number of rotatable bonds is 10. The average Bonchev–Trinajstić information content (AvgIpc) is 2.50. The van der Waals surface area contributed by atoms with Gasteiger partial charge in [-0.25, -0.2) is 0 Å². The molecule has 2 unspecified atom stereocenters. The van der Waals surface area contributed by atoms with Gasteiger partial charge >= 0.3 is 0 Å². The van der Waals surface area contributed by atoms with Crippen LogP contribution in [0.3, 0.4) is 0 Å². The van der Waals surface area contributed by atoms with Gasteiger partial charge in [0.25, 0.3) is 0 Å². The Morgan fingerprint density at radius 1 is 1.13 bits per heavy atom. The zero-order valence-corrected chi connectivity index (χ0v) is 16.6. The summed E-state index contributed by atoms with van der Waals surface area (Å²) in [5, 5.41) is 6.79. The molecule has 1 heterocycles. The van der Waals surface area contributed by atoms with Crippen LogP contribution in [0, 0.1) is 11.8 Å². The maximum absolute atomic E-state index is 4.72. The fourth-order valence-corrected chi connectivity index (χ4v) is 3.87. The van der Waals surface area contributed by atoms with Gasteiger partial charge in [-0.2, -0.15) is 11.8 Å². The van der Waals surface area contributed by atoms with Gasteiger partial charge in [0.05, 0.1) is 0 Å². The van der Waals surface area contributed by atoms with Crippen molar-refractivity contribution in [1.82, 2.24) is 15.5 Å². The molecule has 2 atom stereocenters. The number of guanidine groups is 1. The quantitative estimate of drug-likeness (QED) is 0.364. The largest absolute Gasteiger partial charge is 0.357 e. The molecule has 0 radical (unpaired) electrons. The second-order valence-electron chi connectivity index (χ2n) is 6.95. The molecule has 4 nitrogen and oxygen atoms in total. The van der Waals surface area contributed by atoms with E-state index in [1.165, 1.54) is 44.6 Å². The molecule has 0 spiro atoms. The Balaban J connectivity index is 2.20. The molecular formula is C18H38N4S.